The van der Waals surface area contributed by atoms with Gasteiger partial charge in [0.05, 0.1) is 37.2 Å². The fourth-order valence-corrected chi connectivity index (χ4v) is 6.98. The van der Waals surface area contributed by atoms with E-state index >= 15 is 0 Å². The van der Waals surface area contributed by atoms with Gasteiger partial charge in [0.1, 0.15) is 17.4 Å². The number of fused-ring (bicyclic) bond motifs is 2. The number of carbonyl (C=O) groups excluding carboxylic acids is 3. The number of carbonyl (C=O) groups is 3. The number of likely N-dealkylation sites (tertiary alicyclic amines) is 1. The molecule has 222 valence electrons. The lowest BCUT2D eigenvalue weighted by Crippen LogP contribution is -2.59. The SMILES string of the molecule is CCCCCN1CC=C[C@]23O[C@H]4C=CCN(c5ccc(OCC)cc5)C(=O)[C@H]4[C@H]2C(=O)N([C@@H](CO)C(C)C)C3C1=O. The van der Waals surface area contributed by atoms with Crippen LogP contribution in [0.15, 0.2) is 48.6 Å². The third-order valence-electron chi connectivity index (χ3n) is 8.98. The first-order valence-electron chi connectivity index (χ1n) is 15.1. The van der Waals surface area contributed by atoms with E-state index in [0.29, 0.717) is 37.7 Å². The summed E-state index contributed by atoms with van der Waals surface area (Å²) in [6.07, 6.45) is 9.80. The molecule has 0 aromatic heterocycles. The predicted molar refractivity (Wildman–Crippen MR) is 155 cm³/mol. The molecule has 1 spiro atoms. The number of hydrogen-bond acceptors (Lipinski definition) is 6. The van der Waals surface area contributed by atoms with Gasteiger partial charge in [-0.25, -0.2) is 0 Å². The number of ether oxygens (including phenoxy) is 2. The summed E-state index contributed by atoms with van der Waals surface area (Å²) in [5, 5.41) is 10.4. The number of aliphatic hydroxyl groups excluding tert-OH is 1. The molecule has 1 aromatic carbocycles. The van der Waals surface area contributed by atoms with Crippen LogP contribution in [0.5, 0.6) is 5.75 Å². The van der Waals surface area contributed by atoms with Gasteiger partial charge in [0, 0.05) is 25.3 Å². The fourth-order valence-electron chi connectivity index (χ4n) is 6.98. The molecule has 1 aromatic rings. The van der Waals surface area contributed by atoms with Crippen molar-refractivity contribution in [3.63, 3.8) is 0 Å². The van der Waals surface area contributed by atoms with Crippen molar-refractivity contribution in [1.29, 1.82) is 0 Å². The molecule has 4 aliphatic rings. The maximum atomic E-state index is 14.5. The summed E-state index contributed by atoms with van der Waals surface area (Å²) >= 11 is 0. The van der Waals surface area contributed by atoms with Gasteiger partial charge >= 0.3 is 0 Å². The molecular weight excluding hydrogens is 522 g/mol. The molecule has 2 fully saturated rings. The second-order valence-corrected chi connectivity index (χ2v) is 11.8. The number of nitrogens with zero attached hydrogens (tertiary/aromatic N) is 3. The van der Waals surface area contributed by atoms with Gasteiger partial charge in [-0.05, 0) is 43.5 Å². The van der Waals surface area contributed by atoms with Crippen molar-refractivity contribution in [1.82, 2.24) is 9.80 Å². The van der Waals surface area contributed by atoms with E-state index in [0.717, 1.165) is 19.3 Å². The van der Waals surface area contributed by atoms with E-state index in [9.17, 15) is 19.5 Å². The van der Waals surface area contributed by atoms with Crippen molar-refractivity contribution in [3.8, 4) is 5.75 Å². The first-order chi connectivity index (χ1) is 19.8. The Morgan fingerprint density at radius 3 is 2.44 bits per heavy atom. The third-order valence-corrected chi connectivity index (χ3v) is 8.98. The maximum absolute atomic E-state index is 14.5. The number of unbranched alkanes of at least 4 members (excludes halogenated alkanes) is 2. The second kappa shape index (κ2) is 12.0. The molecule has 4 heterocycles. The first-order valence-corrected chi connectivity index (χ1v) is 15.1. The largest absolute Gasteiger partial charge is 0.494 e. The Morgan fingerprint density at radius 2 is 1.78 bits per heavy atom. The van der Waals surface area contributed by atoms with Crippen LogP contribution >= 0.6 is 0 Å². The highest BCUT2D eigenvalue weighted by molar-refractivity contribution is 6.04. The lowest BCUT2D eigenvalue weighted by molar-refractivity contribution is -0.151. The summed E-state index contributed by atoms with van der Waals surface area (Å²) in [4.78, 5) is 48.1. The highest BCUT2D eigenvalue weighted by Crippen LogP contribution is 2.54. The van der Waals surface area contributed by atoms with E-state index in [-0.39, 0.29) is 30.2 Å². The van der Waals surface area contributed by atoms with E-state index in [4.69, 9.17) is 9.47 Å². The molecule has 1 N–H and O–H groups in total. The molecule has 0 saturated carbocycles. The minimum absolute atomic E-state index is 0.103. The summed E-state index contributed by atoms with van der Waals surface area (Å²) < 4.78 is 12.3. The number of amides is 3. The third kappa shape index (κ3) is 4.97. The minimum atomic E-state index is -1.30. The van der Waals surface area contributed by atoms with Crippen LogP contribution in [0.1, 0.15) is 47.0 Å². The molecule has 3 amide bonds. The van der Waals surface area contributed by atoms with E-state index in [1.54, 1.807) is 14.7 Å². The van der Waals surface area contributed by atoms with Gasteiger partial charge in [0.2, 0.25) is 17.7 Å². The zero-order valence-corrected chi connectivity index (χ0v) is 24.6. The topological polar surface area (TPSA) is 99.6 Å². The Labute approximate surface area is 242 Å². The van der Waals surface area contributed by atoms with Crippen molar-refractivity contribution in [2.75, 3.05) is 37.7 Å². The van der Waals surface area contributed by atoms with Gasteiger partial charge in [-0.15, -0.1) is 0 Å². The standard InChI is InChI=1S/C32H43N3O6/c1-5-7-8-17-33-18-10-16-32-27(30(38)35(28(32)31(33)39)24(20-36)21(3)4)26-25(41-32)11-9-19-34(29(26)37)22-12-14-23(15-13-22)40-6-2/h9-16,21,24-28,36H,5-8,17-20H2,1-4H3/t24-,25-,26+,27-,28?,32-/m0/s1. The molecule has 5 rings (SSSR count). The van der Waals surface area contributed by atoms with E-state index in [1.165, 1.54) is 0 Å². The average Bonchev–Trinajstić information content (AvgIpc) is 3.27. The van der Waals surface area contributed by atoms with Crippen molar-refractivity contribution < 1.29 is 29.0 Å². The number of anilines is 1. The molecule has 9 heteroatoms. The molecule has 0 radical (unpaired) electrons. The zero-order valence-electron chi connectivity index (χ0n) is 24.6. The molecule has 0 bridgehead atoms. The summed E-state index contributed by atoms with van der Waals surface area (Å²) in [5.41, 5.74) is -0.596. The fraction of sp³-hybridized carbons (Fsp3) is 0.594. The minimum Gasteiger partial charge on any atom is -0.494 e. The second-order valence-electron chi connectivity index (χ2n) is 11.8. The van der Waals surface area contributed by atoms with Crippen LogP contribution in [0.3, 0.4) is 0 Å². The molecular formula is C32H43N3O6. The molecule has 6 atom stereocenters. The Kier molecular flexibility index (Phi) is 8.57. The van der Waals surface area contributed by atoms with Crippen molar-refractivity contribution in [2.24, 2.45) is 17.8 Å². The van der Waals surface area contributed by atoms with E-state index in [2.05, 4.69) is 6.92 Å². The Hall–Kier alpha value is -3.17. The normalized spacial score (nSPS) is 29.9. The summed E-state index contributed by atoms with van der Waals surface area (Å²) in [6, 6.07) is 5.82. The Morgan fingerprint density at radius 1 is 1.02 bits per heavy atom. The van der Waals surface area contributed by atoms with Crippen molar-refractivity contribution >= 4 is 23.4 Å². The lowest BCUT2D eigenvalue weighted by Gasteiger charge is -2.39. The van der Waals surface area contributed by atoms with Crippen molar-refractivity contribution in [3.05, 3.63) is 48.6 Å². The average molecular weight is 566 g/mol. The maximum Gasteiger partial charge on any atom is 0.249 e. The zero-order chi connectivity index (χ0) is 29.3. The van der Waals surface area contributed by atoms with Crippen LogP contribution in [0.4, 0.5) is 5.69 Å². The summed E-state index contributed by atoms with van der Waals surface area (Å²) in [5.74, 6) is -1.79. The van der Waals surface area contributed by atoms with Crippen LogP contribution in [-0.4, -0.2) is 89.3 Å². The number of benzene rings is 1. The van der Waals surface area contributed by atoms with Crippen LogP contribution in [0, 0.1) is 17.8 Å². The van der Waals surface area contributed by atoms with Gasteiger partial charge in [-0.1, -0.05) is 57.9 Å². The monoisotopic (exact) mass is 565 g/mol. The quantitative estimate of drug-likeness (QED) is 0.346. The van der Waals surface area contributed by atoms with Gasteiger partial charge in [-0.3, -0.25) is 14.4 Å². The predicted octanol–water partition coefficient (Wildman–Crippen LogP) is 3.17. The van der Waals surface area contributed by atoms with Gasteiger partial charge in [0.25, 0.3) is 0 Å². The Bertz CT molecular complexity index is 1200. The highest BCUT2D eigenvalue weighted by atomic mass is 16.5. The smallest absolute Gasteiger partial charge is 0.249 e. The van der Waals surface area contributed by atoms with E-state index in [1.807, 2.05) is 69.3 Å². The molecule has 1 unspecified atom stereocenters. The number of aliphatic hydroxyl groups is 1. The van der Waals surface area contributed by atoms with Crippen LogP contribution < -0.4 is 9.64 Å². The first kappa shape index (κ1) is 29.3. The van der Waals surface area contributed by atoms with Gasteiger partial charge in [0.15, 0.2) is 0 Å². The summed E-state index contributed by atoms with van der Waals surface area (Å²) in [6.45, 7) is 9.51. The summed E-state index contributed by atoms with van der Waals surface area (Å²) in [7, 11) is 0. The van der Waals surface area contributed by atoms with E-state index < -0.39 is 35.6 Å². The van der Waals surface area contributed by atoms with Crippen LogP contribution in [-0.2, 0) is 19.1 Å². The molecule has 41 heavy (non-hydrogen) atoms. The lowest BCUT2D eigenvalue weighted by atomic mass is 9.77. The van der Waals surface area contributed by atoms with Crippen molar-refractivity contribution in [2.45, 2.75) is 70.7 Å². The van der Waals surface area contributed by atoms with Crippen LogP contribution in [0.2, 0.25) is 0 Å². The molecule has 2 saturated heterocycles. The van der Waals surface area contributed by atoms with Gasteiger partial charge in [-0.2, -0.15) is 0 Å². The number of rotatable bonds is 10. The molecule has 0 aliphatic carbocycles. The number of hydrogen-bond donors (Lipinski definition) is 1. The molecule has 4 aliphatic heterocycles. The Balaban J connectivity index is 1.55. The van der Waals surface area contributed by atoms with Crippen LogP contribution in [0.25, 0.3) is 0 Å². The highest BCUT2D eigenvalue weighted by Gasteiger charge is 2.72. The van der Waals surface area contributed by atoms with Gasteiger partial charge < -0.3 is 29.3 Å². The molecule has 9 nitrogen and oxygen atoms in total.